The fourth-order valence-corrected chi connectivity index (χ4v) is 4.34. The molecule has 1 atom stereocenters. The van der Waals surface area contributed by atoms with E-state index in [0.717, 1.165) is 28.2 Å². The van der Waals surface area contributed by atoms with Crippen LogP contribution >= 0.6 is 0 Å². The second kappa shape index (κ2) is 9.47. The molecular weight excluding hydrogens is 465 g/mol. The van der Waals surface area contributed by atoms with Crippen LogP contribution < -0.4 is 5.32 Å². The van der Waals surface area contributed by atoms with E-state index in [-0.39, 0.29) is 17.9 Å². The lowest BCUT2D eigenvalue weighted by molar-refractivity contribution is -0.137. The minimum atomic E-state index is -4.53. The minimum absolute atomic E-state index is 0.00247. The van der Waals surface area contributed by atoms with Crippen LogP contribution in [-0.4, -0.2) is 26.9 Å². The lowest BCUT2D eigenvalue weighted by Crippen LogP contribution is -2.15. The number of anilines is 1. The van der Waals surface area contributed by atoms with Crippen molar-refractivity contribution in [2.75, 3.05) is 11.9 Å². The van der Waals surface area contributed by atoms with Gasteiger partial charge in [-0.25, -0.2) is 0 Å². The number of halogens is 3. The van der Waals surface area contributed by atoms with Crippen molar-refractivity contribution in [1.82, 2.24) is 15.2 Å². The largest absolute Gasteiger partial charge is 0.417 e. The molecule has 2 aromatic heterocycles. The summed E-state index contributed by atoms with van der Waals surface area (Å²) in [4.78, 5) is 4.50. The maximum atomic E-state index is 13.9. The summed E-state index contributed by atoms with van der Waals surface area (Å²) in [6.07, 6.45) is -3.04. The van der Waals surface area contributed by atoms with Crippen molar-refractivity contribution in [3.05, 3.63) is 102 Å². The number of aromatic nitrogens is 3. The normalized spacial score (nSPS) is 12.6. The third-order valence-corrected chi connectivity index (χ3v) is 6.16. The van der Waals surface area contributed by atoms with Gasteiger partial charge in [0.2, 0.25) is 0 Å². The number of aliphatic hydroxyl groups excluding tert-OH is 1. The van der Waals surface area contributed by atoms with Gasteiger partial charge in [0.25, 0.3) is 0 Å². The SMILES string of the molecule is Cc1[nH]nc2ccc(-c3cc(N[C@@H](CO)c4ccccc4)cnc3-c3ccccc3C(F)(F)F)cc12. The Morgan fingerprint density at radius 3 is 2.44 bits per heavy atom. The molecule has 0 saturated heterocycles. The van der Waals surface area contributed by atoms with Gasteiger partial charge in [0, 0.05) is 22.2 Å². The van der Waals surface area contributed by atoms with Crippen molar-refractivity contribution in [1.29, 1.82) is 0 Å². The van der Waals surface area contributed by atoms with E-state index in [0.29, 0.717) is 16.8 Å². The van der Waals surface area contributed by atoms with Gasteiger partial charge in [-0.05, 0) is 42.3 Å². The van der Waals surface area contributed by atoms with Gasteiger partial charge in [-0.3, -0.25) is 10.1 Å². The van der Waals surface area contributed by atoms with Crippen molar-refractivity contribution in [2.24, 2.45) is 0 Å². The Balaban J connectivity index is 1.67. The van der Waals surface area contributed by atoms with Gasteiger partial charge in [0.15, 0.2) is 0 Å². The van der Waals surface area contributed by atoms with Crippen LogP contribution in [0.25, 0.3) is 33.3 Å². The number of aryl methyl sites for hydroxylation is 1. The van der Waals surface area contributed by atoms with Crippen molar-refractivity contribution in [3.8, 4) is 22.4 Å². The molecule has 0 aliphatic carbocycles. The Labute approximate surface area is 205 Å². The number of pyridine rings is 1. The summed E-state index contributed by atoms with van der Waals surface area (Å²) in [6, 6.07) is 21.8. The molecule has 0 aliphatic heterocycles. The molecule has 0 radical (unpaired) electrons. The summed E-state index contributed by atoms with van der Waals surface area (Å²) in [5, 5.41) is 21.3. The van der Waals surface area contributed by atoms with Crippen molar-refractivity contribution in [3.63, 3.8) is 0 Å². The number of benzene rings is 3. The Kier molecular flexibility index (Phi) is 6.20. The highest BCUT2D eigenvalue weighted by atomic mass is 19.4. The van der Waals surface area contributed by atoms with Gasteiger partial charge >= 0.3 is 6.18 Å². The van der Waals surface area contributed by atoms with Crippen LogP contribution in [0.4, 0.5) is 18.9 Å². The predicted octanol–water partition coefficient (Wildman–Crippen LogP) is 6.76. The number of aromatic amines is 1. The number of nitrogens with one attached hydrogen (secondary N) is 2. The second-order valence-electron chi connectivity index (χ2n) is 8.53. The molecular formula is C28H23F3N4O. The van der Waals surface area contributed by atoms with Crippen LogP contribution in [-0.2, 0) is 6.18 Å². The molecule has 5 aromatic rings. The van der Waals surface area contributed by atoms with Gasteiger partial charge in [-0.1, -0.05) is 54.6 Å². The quantitative estimate of drug-likeness (QED) is 0.247. The highest BCUT2D eigenvalue weighted by molar-refractivity contribution is 5.91. The molecule has 2 heterocycles. The van der Waals surface area contributed by atoms with Gasteiger partial charge < -0.3 is 10.4 Å². The first-order valence-electron chi connectivity index (χ1n) is 11.4. The van der Waals surface area contributed by atoms with Crippen LogP contribution in [0, 0.1) is 6.92 Å². The number of fused-ring (bicyclic) bond motifs is 1. The van der Waals surface area contributed by atoms with E-state index in [1.165, 1.54) is 18.3 Å². The fourth-order valence-electron chi connectivity index (χ4n) is 4.34. The molecule has 0 saturated carbocycles. The van der Waals surface area contributed by atoms with Crippen LogP contribution in [0.1, 0.15) is 22.9 Å². The standard InChI is InChI=1S/C28H23F3N4O/c1-17-22-13-19(11-12-25(22)35-34-17)23-14-20(33-26(16-36)18-7-3-2-4-8-18)15-32-27(23)21-9-5-6-10-24(21)28(29,30)31/h2-15,26,33,36H,16H2,1H3,(H,34,35)/t26-/m0/s1. The molecule has 3 N–H and O–H groups in total. The molecule has 0 bridgehead atoms. The third-order valence-electron chi connectivity index (χ3n) is 6.16. The van der Waals surface area contributed by atoms with E-state index < -0.39 is 17.8 Å². The predicted molar refractivity (Wildman–Crippen MR) is 134 cm³/mol. The fraction of sp³-hybridized carbons (Fsp3) is 0.143. The number of alkyl halides is 3. The molecule has 0 fully saturated rings. The van der Waals surface area contributed by atoms with E-state index in [4.69, 9.17) is 0 Å². The number of H-pyrrole nitrogens is 1. The summed E-state index contributed by atoms with van der Waals surface area (Å²) >= 11 is 0. The lowest BCUT2D eigenvalue weighted by atomic mass is 9.94. The summed E-state index contributed by atoms with van der Waals surface area (Å²) in [7, 11) is 0. The number of nitrogens with zero attached hydrogens (tertiary/aromatic N) is 2. The summed E-state index contributed by atoms with van der Waals surface area (Å²) in [5.41, 5.74) is 3.77. The van der Waals surface area contributed by atoms with E-state index in [9.17, 15) is 18.3 Å². The zero-order valence-corrected chi connectivity index (χ0v) is 19.3. The van der Waals surface area contributed by atoms with E-state index in [1.54, 1.807) is 12.1 Å². The zero-order chi connectivity index (χ0) is 25.3. The molecule has 0 amide bonds. The highest BCUT2D eigenvalue weighted by Crippen LogP contribution is 2.41. The Hall–Kier alpha value is -4.17. The van der Waals surface area contributed by atoms with Gasteiger partial charge in [0.1, 0.15) is 0 Å². The van der Waals surface area contributed by atoms with E-state index >= 15 is 0 Å². The van der Waals surface area contributed by atoms with Crippen LogP contribution in [0.5, 0.6) is 0 Å². The molecule has 8 heteroatoms. The molecule has 182 valence electrons. The molecule has 3 aromatic carbocycles. The van der Waals surface area contributed by atoms with Gasteiger partial charge in [0.05, 0.1) is 41.3 Å². The molecule has 5 rings (SSSR count). The third kappa shape index (κ3) is 4.55. The Bertz CT molecular complexity index is 1510. The Morgan fingerprint density at radius 1 is 0.944 bits per heavy atom. The van der Waals surface area contributed by atoms with Gasteiger partial charge in [-0.2, -0.15) is 18.3 Å². The number of hydrogen-bond acceptors (Lipinski definition) is 4. The summed E-state index contributed by atoms with van der Waals surface area (Å²) in [5.74, 6) is 0. The number of rotatable bonds is 6. The number of hydrogen-bond donors (Lipinski definition) is 3. The molecule has 5 nitrogen and oxygen atoms in total. The number of aliphatic hydroxyl groups is 1. The zero-order valence-electron chi connectivity index (χ0n) is 19.3. The van der Waals surface area contributed by atoms with Crippen molar-refractivity contribution in [2.45, 2.75) is 19.1 Å². The summed E-state index contributed by atoms with van der Waals surface area (Å²) < 4.78 is 41.7. The maximum absolute atomic E-state index is 13.9. The second-order valence-corrected chi connectivity index (χ2v) is 8.53. The lowest BCUT2D eigenvalue weighted by Gasteiger charge is -2.20. The topological polar surface area (TPSA) is 73.8 Å². The van der Waals surface area contributed by atoms with E-state index in [2.05, 4.69) is 20.5 Å². The first kappa shape index (κ1) is 23.6. The Morgan fingerprint density at radius 2 is 1.69 bits per heavy atom. The summed E-state index contributed by atoms with van der Waals surface area (Å²) in [6.45, 7) is 1.72. The molecule has 0 aliphatic rings. The van der Waals surface area contributed by atoms with Crippen LogP contribution in [0.2, 0.25) is 0 Å². The van der Waals surface area contributed by atoms with Crippen LogP contribution in [0.15, 0.2) is 85.1 Å². The first-order valence-corrected chi connectivity index (χ1v) is 11.4. The average molecular weight is 489 g/mol. The van der Waals surface area contributed by atoms with Gasteiger partial charge in [-0.15, -0.1) is 0 Å². The van der Waals surface area contributed by atoms with E-state index in [1.807, 2.05) is 55.5 Å². The van der Waals surface area contributed by atoms with Crippen molar-refractivity contribution >= 4 is 16.6 Å². The molecule has 0 spiro atoms. The van der Waals surface area contributed by atoms with Crippen LogP contribution in [0.3, 0.4) is 0 Å². The molecule has 0 unspecified atom stereocenters. The first-order chi connectivity index (χ1) is 17.3. The average Bonchev–Trinajstić information content (AvgIpc) is 3.27. The molecule has 36 heavy (non-hydrogen) atoms. The highest BCUT2D eigenvalue weighted by Gasteiger charge is 2.34. The minimum Gasteiger partial charge on any atom is -0.394 e. The monoisotopic (exact) mass is 488 g/mol. The smallest absolute Gasteiger partial charge is 0.394 e. The maximum Gasteiger partial charge on any atom is 0.417 e. The van der Waals surface area contributed by atoms with Crippen molar-refractivity contribution < 1.29 is 18.3 Å².